The van der Waals surface area contributed by atoms with E-state index in [2.05, 4.69) is 21.5 Å². The monoisotopic (exact) mass is 257 g/mol. The number of nitrogens with two attached hydrogens (primary N) is 1. The number of rotatable bonds is 5. The first-order valence-corrected chi connectivity index (χ1v) is 5.80. The van der Waals surface area contributed by atoms with E-state index in [1.54, 1.807) is 6.08 Å². The van der Waals surface area contributed by atoms with Gasteiger partial charge in [0.05, 0.1) is 6.54 Å². The smallest absolute Gasteiger partial charge is 0.319 e. The number of nitrogens with zero attached hydrogens (tertiary/aromatic N) is 4. The van der Waals surface area contributed by atoms with Gasteiger partial charge in [-0.2, -0.15) is 15.0 Å². The summed E-state index contributed by atoms with van der Waals surface area (Å²) < 4.78 is 0. The zero-order valence-electron chi connectivity index (χ0n) is 10.4. The van der Waals surface area contributed by atoms with Crippen LogP contribution in [0.15, 0.2) is 43.0 Å². The molecule has 19 heavy (non-hydrogen) atoms. The molecule has 6 nitrogen and oxygen atoms in total. The Morgan fingerprint density at radius 1 is 1.21 bits per heavy atom. The van der Waals surface area contributed by atoms with Crippen LogP contribution in [0.3, 0.4) is 0 Å². The van der Waals surface area contributed by atoms with Crippen molar-refractivity contribution in [2.45, 2.75) is 6.42 Å². The van der Waals surface area contributed by atoms with Crippen molar-refractivity contribution in [3.8, 4) is 6.01 Å². The summed E-state index contributed by atoms with van der Waals surface area (Å²) in [6, 6.07) is 9.39. The first-order valence-electron chi connectivity index (χ1n) is 5.80. The second-order valence-electron chi connectivity index (χ2n) is 3.96. The Balaban J connectivity index is 2.24. The molecule has 0 aliphatic rings. The molecule has 1 aromatic heterocycles. The summed E-state index contributed by atoms with van der Waals surface area (Å²) in [6.45, 7) is 3.97. The molecule has 1 aromatic carbocycles. The SMILES string of the molecule is C=CCN(N)c1nc(O)nc(Cc2ccccc2)n1. The third kappa shape index (κ3) is 3.49. The average molecular weight is 257 g/mol. The van der Waals surface area contributed by atoms with Crippen LogP contribution in [0.1, 0.15) is 11.4 Å². The van der Waals surface area contributed by atoms with Crippen LogP contribution < -0.4 is 10.9 Å². The summed E-state index contributed by atoms with van der Waals surface area (Å²) in [5.74, 6) is 6.42. The minimum absolute atomic E-state index is 0.221. The molecule has 0 spiro atoms. The molecular weight excluding hydrogens is 242 g/mol. The molecule has 2 rings (SSSR count). The van der Waals surface area contributed by atoms with Crippen LogP contribution in [-0.2, 0) is 6.42 Å². The fourth-order valence-electron chi connectivity index (χ4n) is 1.60. The zero-order valence-corrected chi connectivity index (χ0v) is 10.4. The summed E-state index contributed by atoms with van der Waals surface area (Å²) >= 11 is 0. The first-order chi connectivity index (χ1) is 9.19. The summed E-state index contributed by atoms with van der Waals surface area (Å²) in [4.78, 5) is 11.9. The van der Waals surface area contributed by atoms with E-state index in [1.165, 1.54) is 5.01 Å². The number of hydrazine groups is 1. The lowest BCUT2D eigenvalue weighted by Crippen LogP contribution is -2.32. The third-order valence-electron chi connectivity index (χ3n) is 2.45. The Morgan fingerprint density at radius 3 is 2.63 bits per heavy atom. The lowest BCUT2D eigenvalue weighted by Gasteiger charge is -2.14. The normalized spacial score (nSPS) is 10.2. The second kappa shape index (κ2) is 5.92. The van der Waals surface area contributed by atoms with Gasteiger partial charge in [-0.25, -0.2) is 5.84 Å². The summed E-state index contributed by atoms with van der Waals surface area (Å²) in [6.07, 6.45) is 2.13. The Hall–Kier alpha value is -2.47. The first kappa shape index (κ1) is 13.0. The van der Waals surface area contributed by atoms with Crippen LogP contribution in [0, 0.1) is 0 Å². The molecule has 2 aromatic rings. The maximum atomic E-state index is 9.52. The van der Waals surface area contributed by atoms with Crippen LogP contribution in [0.2, 0.25) is 0 Å². The molecule has 0 saturated heterocycles. The largest absolute Gasteiger partial charge is 0.479 e. The molecule has 1 heterocycles. The van der Waals surface area contributed by atoms with Crippen molar-refractivity contribution in [3.05, 3.63) is 54.4 Å². The summed E-state index contributed by atoms with van der Waals surface area (Å²) in [5.41, 5.74) is 1.05. The van der Waals surface area contributed by atoms with E-state index in [0.717, 1.165) is 5.56 Å². The molecule has 0 saturated carbocycles. The fourth-order valence-corrected chi connectivity index (χ4v) is 1.60. The highest BCUT2D eigenvalue weighted by Gasteiger charge is 2.09. The van der Waals surface area contributed by atoms with Crippen LogP contribution in [-0.4, -0.2) is 26.6 Å². The molecule has 0 aliphatic carbocycles. The summed E-state index contributed by atoms with van der Waals surface area (Å²) in [7, 11) is 0. The van der Waals surface area contributed by atoms with Crippen molar-refractivity contribution in [1.29, 1.82) is 0 Å². The van der Waals surface area contributed by atoms with E-state index in [9.17, 15) is 5.11 Å². The number of aromatic hydroxyl groups is 1. The van der Waals surface area contributed by atoms with Gasteiger partial charge in [-0.1, -0.05) is 36.4 Å². The summed E-state index contributed by atoms with van der Waals surface area (Å²) in [5, 5.41) is 10.8. The van der Waals surface area contributed by atoms with Crippen LogP contribution >= 0.6 is 0 Å². The lowest BCUT2D eigenvalue weighted by molar-refractivity contribution is 0.424. The average Bonchev–Trinajstić information content (AvgIpc) is 2.39. The van der Waals surface area contributed by atoms with E-state index in [-0.39, 0.29) is 12.0 Å². The zero-order chi connectivity index (χ0) is 13.7. The van der Waals surface area contributed by atoms with Gasteiger partial charge in [-0.3, -0.25) is 5.01 Å². The molecular formula is C13H15N5O. The van der Waals surface area contributed by atoms with Gasteiger partial charge in [-0.05, 0) is 5.56 Å². The Bertz CT molecular complexity index is 558. The molecule has 98 valence electrons. The molecule has 0 amide bonds. The predicted octanol–water partition coefficient (Wildman–Crippen LogP) is 1.03. The molecule has 0 atom stereocenters. The van der Waals surface area contributed by atoms with Crippen molar-refractivity contribution in [2.75, 3.05) is 11.6 Å². The molecule has 3 N–H and O–H groups in total. The number of aromatic nitrogens is 3. The van der Waals surface area contributed by atoms with Gasteiger partial charge in [0, 0.05) is 6.42 Å². The molecule has 0 unspecified atom stereocenters. The maximum absolute atomic E-state index is 9.52. The van der Waals surface area contributed by atoms with Gasteiger partial charge in [0.15, 0.2) is 0 Å². The number of hydrogen-bond acceptors (Lipinski definition) is 6. The minimum atomic E-state index is -0.338. The van der Waals surface area contributed by atoms with Crippen LogP contribution in [0.5, 0.6) is 6.01 Å². The quantitative estimate of drug-likeness (QED) is 0.472. The second-order valence-corrected chi connectivity index (χ2v) is 3.96. The van der Waals surface area contributed by atoms with Gasteiger partial charge in [0.1, 0.15) is 5.82 Å². The highest BCUT2D eigenvalue weighted by Crippen LogP contribution is 2.12. The molecule has 0 aliphatic heterocycles. The van der Waals surface area contributed by atoms with Gasteiger partial charge < -0.3 is 5.11 Å². The van der Waals surface area contributed by atoms with Gasteiger partial charge in [0.25, 0.3) is 0 Å². The molecule has 0 fully saturated rings. The number of anilines is 1. The minimum Gasteiger partial charge on any atom is -0.479 e. The Kier molecular flexibility index (Phi) is 4.04. The van der Waals surface area contributed by atoms with Crippen LogP contribution in [0.25, 0.3) is 0 Å². The van der Waals surface area contributed by atoms with E-state index < -0.39 is 0 Å². The standard InChI is InChI=1S/C13H15N5O/c1-2-8-18(14)12-15-11(16-13(19)17-12)9-10-6-4-3-5-7-10/h2-7H,1,8-9,14H2,(H,15,16,17,19). The van der Waals surface area contributed by atoms with E-state index in [0.29, 0.717) is 18.8 Å². The van der Waals surface area contributed by atoms with Gasteiger partial charge >= 0.3 is 6.01 Å². The fraction of sp³-hybridized carbons (Fsp3) is 0.154. The van der Waals surface area contributed by atoms with Crippen LogP contribution in [0.4, 0.5) is 5.95 Å². The number of benzene rings is 1. The third-order valence-corrected chi connectivity index (χ3v) is 2.45. The van der Waals surface area contributed by atoms with E-state index in [1.807, 2.05) is 30.3 Å². The highest BCUT2D eigenvalue weighted by atomic mass is 16.3. The van der Waals surface area contributed by atoms with E-state index >= 15 is 0 Å². The Morgan fingerprint density at radius 2 is 1.95 bits per heavy atom. The van der Waals surface area contributed by atoms with Crippen molar-refractivity contribution in [1.82, 2.24) is 15.0 Å². The predicted molar refractivity (Wildman–Crippen MR) is 72.5 cm³/mol. The maximum Gasteiger partial charge on any atom is 0.319 e. The van der Waals surface area contributed by atoms with E-state index in [4.69, 9.17) is 5.84 Å². The topological polar surface area (TPSA) is 88.2 Å². The van der Waals surface area contributed by atoms with Gasteiger partial charge in [0.2, 0.25) is 5.95 Å². The van der Waals surface area contributed by atoms with Gasteiger partial charge in [-0.15, -0.1) is 6.58 Å². The van der Waals surface area contributed by atoms with Crippen molar-refractivity contribution >= 4 is 5.95 Å². The molecule has 0 bridgehead atoms. The van der Waals surface area contributed by atoms with Crippen molar-refractivity contribution in [3.63, 3.8) is 0 Å². The lowest BCUT2D eigenvalue weighted by atomic mass is 10.1. The van der Waals surface area contributed by atoms with Crippen molar-refractivity contribution in [2.24, 2.45) is 5.84 Å². The Labute approximate surface area is 111 Å². The highest BCUT2D eigenvalue weighted by molar-refractivity contribution is 5.30. The number of hydrogen-bond donors (Lipinski definition) is 2. The molecule has 0 radical (unpaired) electrons. The van der Waals surface area contributed by atoms with Crippen molar-refractivity contribution < 1.29 is 5.11 Å². The molecule has 6 heteroatoms.